The molecule has 0 fully saturated rings. The van der Waals surface area contributed by atoms with Crippen molar-refractivity contribution >= 4 is 16.0 Å². The number of carboxylic acids is 1. The Hall–Kier alpha value is -1.44. The van der Waals surface area contributed by atoms with Gasteiger partial charge in [0.05, 0.1) is 10.5 Å². The third kappa shape index (κ3) is 5.45. The summed E-state index contributed by atoms with van der Waals surface area (Å²) in [5.74, 6) is -1.10. The molecule has 0 saturated carbocycles. The van der Waals surface area contributed by atoms with E-state index in [0.717, 1.165) is 18.9 Å². The Morgan fingerprint density at radius 1 is 1.33 bits per heavy atom. The summed E-state index contributed by atoms with van der Waals surface area (Å²) in [6, 6.07) is 5.23. The highest BCUT2D eigenvalue weighted by molar-refractivity contribution is 7.89. The van der Waals surface area contributed by atoms with Crippen molar-refractivity contribution in [2.75, 3.05) is 13.2 Å². The number of sulfonamides is 1. The molecule has 0 radical (unpaired) electrons. The Labute approximate surface area is 124 Å². The Kier molecular flexibility index (Phi) is 6.80. The summed E-state index contributed by atoms with van der Waals surface area (Å²) in [5.41, 5.74) is -0.0710. The molecule has 1 aromatic carbocycles. The summed E-state index contributed by atoms with van der Waals surface area (Å²) in [4.78, 5) is 10.8. The van der Waals surface area contributed by atoms with Crippen molar-refractivity contribution in [1.82, 2.24) is 4.72 Å². The van der Waals surface area contributed by atoms with E-state index in [1.807, 2.05) is 6.92 Å². The van der Waals surface area contributed by atoms with Crippen molar-refractivity contribution in [1.29, 1.82) is 0 Å². The van der Waals surface area contributed by atoms with Crippen molar-refractivity contribution in [2.24, 2.45) is 5.92 Å². The monoisotopic (exact) mass is 315 g/mol. The van der Waals surface area contributed by atoms with E-state index in [1.54, 1.807) is 0 Å². The Morgan fingerprint density at radius 2 is 2.05 bits per heavy atom. The Balaban J connectivity index is 2.81. The zero-order valence-corrected chi connectivity index (χ0v) is 12.8. The van der Waals surface area contributed by atoms with Crippen LogP contribution in [0, 0.1) is 5.92 Å². The van der Waals surface area contributed by atoms with Gasteiger partial charge in [0.25, 0.3) is 0 Å². The number of hydrogen-bond acceptors (Lipinski definition) is 4. The summed E-state index contributed by atoms with van der Waals surface area (Å²) in [6.45, 7) is 2.24. The standard InChI is InChI=1S/C14H21NO5S/c1-2-4-11(7-8-16)10-15-21(19,20)13-6-3-5-12(9-13)14(17)18/h3,5-6,9,11,15-16H,2,4,7-8,10H2,1H3,(H,17,18). The molecule has 0 aliphatic rings. The van der Waals surface area contributed by atoms with Crippen LogP contribution >= 0.6 is 0 Å². The summed E-state index contributed by atoms with van der Waals surface area (Å²) in [7, 11) is -3.74. The topological polar surface area (TPSA) is 104 Å². The van der Waals surface area contributed by atoms with Gasteiger partial charge in [0.1, 0.15) is 0 Å². The predicted molar refractivity (Wildman–Crippen MR) is 78.7 cm³/mol. The van der Waals surface area contributed by atoms with Crippen LogP contribution in [0.1, 0.15) is 36.5 Å². The number of aliphatic hydroxyl groups excluding tert-OH is 1. The molecule has 6 nitrogen and oxygen atoms in total. The van der Waals surface area contributed by atoms with E-state index in [0.29, 0.717) is 6.42 Å². The molecule has 3 N–H and O–H groups in total. The van der Waals surface area contributed by atoms with E-state index in [9.17, 15) is 13.2 Å². The second kappa shape index (κ2) is 8.11. The summed E-state index contributed by atoms with van der Waals surface area (Å²) in [6.07, 6.45) is 2.25. The number of aromatic carboxylic acids is 1. The highest BCUT2D eigenvalue weighted by Gasteiger charge is 2.18. The lowest BCUT2D eigenvalue weighted by Gasteiger charge is -2.16. The fraction of sp³-hybridized carbons (Fsp3) is 0.500. The lowest BCUT2D eigenvalue weighted by Crippen LogP contribution is -2.30. The van der Waals surface area contributed by atoms with Gasteiger partial charge in [-0.25, -0.2) is 17.9 Å². The predicted octanol–water partition coefficient (Wildman–Crippen LogP) is 1.46. The van der Waals surface area contributed by atoms with Gasteiger partial charge in [-0.15, -0.1) is 0 Å². The van der Waals surface area contributed by atoms with Gasteiger partial charge in [-0.1, -0.05) is 19.4 Å². The number of carbonyl (C=O) groups is 1. The molecule has 0 bridgehead atoms. The second-order valence-electron chi connectivity index (χ2n) is 4.85. The van der Waals surface area contributed by atoms with Crippen LogP contribution in [0.2, 0.25) is 0 Å². The van der Waals surface area contributed by atoms with E-state index < -0.39 is 16.0 Å². The van der Waals surface area contributed by atoms with E-state index in [4.69, 9.17) is 10.2 Å². The molecule has 1 rings (SSSR count). The average molecular weight is 315 g/mol. The molecule has 0 spiro atoms. The highest BCUT2D eigenvalue weighted by Crippen LogP contribution is 2.14. The lowest BCUT2D eigenvalue weighted by atomic mass is 10.0. The minimum Gasteiger partial charge on any atom is -0.478 e. The molecule has 0 aliphatic heterocycles. The minimum atomic E-state index is -3.74. The van der Waals surface area contributed by atoms with Crippen LogP contribution in [-0.4, -0.2) is 37.8 Å². The summed E-state index contributed by atoms with van der Waals surface area (Å²) >= 11 is 0. The van der Waals surface area contributed by atoms with Crippen LogP contribution in [0.3, 0.4) is 0 Å². The molecule has 0 saturated heterocycles. The Morgan fingerprint density at radius 3 is 2.62 bits per heavy atom. The molecule has 0 heterocycles. The molecule has 1 atom stereocenters. The number of aliphatic hydroxyl groups is 1. The molecule has 0 aliphatic carbocycles. The normalized spacial score (nSPS) is 13.0. The van der Waals surface area contributed by atoms with Crippen LogP contribution in [0.25, 0.3) is 0 Å². The number of hydrogen-bond donors (Lipinski definition) is 3. The minimum absolute atomic E-state index is 0.0148. The van der Waals surface area contributed by atoms with Crippen LogP contribution in [-0.2, 0) is 10.0 Å². The van der Waals surface area contributed by atoms with Crippen LogP contribution in [0.5, 0.6) is 0 Å². The zero-order chi connectivity index (χ0) is 15.9. The molecule has 1 unspecified atom stereocenters. The molecule has 118 valence electrons. The average Bonchev–Trinajstić information content (AvgIpc) is 2.45. The highest BCUT2D eigenvalue weighted by atomic mass is 32.2. The Bertz CT molecular complexity index is 564. The van der Waals surface area contributed by atoms with Crippen molar-refractivity contribution < 1.29 is 23.4 Å². The fourth-order valence-corrected chi connectivity index (χ4v) is 3.21. The first-order valence-corrected chi connectivity index (χ1v) is 8.33. The van der Waals surface area contributed by atoms with Gasteiger partial charge in [0.2, 0.25) is 10.0 Å². The van der Waals surface area contributed by atoms with Gasteiger partial charge >= 0.3 is 5.97 Å². The van der Waals surface area contributed by atoms with E-state index in [2.05, 4.69) is 4.72 Å². The number of nitrogens with one attached hydrogen (secondary N) is 1. The van der Waals surface area contributed by atoms with Gasteiger partial charge in [0, 0.05) is 13.2 Å². The van der Waals surface area contributed by atoms with Crippen molar-refractivity contribution in [3.63, 3.8) is 0 Å². The van der Waals surface area contributed by atoms with Gasteiger partial charge in [-0.2, -0.15) is 0 Å². The van der Waals surface area contributed by atoms with Gasteiger partial charge in [0.15, 0.2) is 0 Å². The smallest absolute Gasteiger partial charge is 0.335 e. The first kappa shape index (κ1) is 17.6. The molecule has 1 aromatic rings. The first-order valence-electron chi connectivity index (χ1n) is 6.84. The summed E-state index contributed by atoms with van der Waals surface area (Å²) in [5, 5.41) is 17.9. The molecule has 21 heavy (non-hydrogen) atoms. The van der Waals surface area contributed by atoms with Crippen LogP contribution in [0.15, 0.2) is 29.2 Å². The van der Waals surface area contributed by atoms with Crippen molar-refractivity contribution in [2.45, 2.75) is 31.1 Å². The van der Waals surface area contributed by atoms with E-state index in [-0.39, 0.29) is 29.5 Å². The second-order valence-corrected chi connectivity index (χ2v) is 6.62. The quantitative estimate of drug-likeness (QED) is 0.640. The van der Waals surface area contributed by atoms with Crippen molar-refractivity contribution in [3.05, 3.63) is 29.8 Å². The molecule has 0 amide bonds. The number of carboxylic acid groups (broad SMARTS) is 1. The number of benzene rings is 1. The summed E-state index contributed by atoms with van der Waals surface area (Å²) < 4.78 is 26.8. The maximum Gasteiger partial charge on any atom is 0.335 e. The SMILES string of the molecule is CCCC(CCO)CNS(=O)(=O)c1cccc(C(=O)O)c1. The van der Waals surface area contributed by atoms with E-state index in [1.165, 1.54) is 18.2 Å². The van der Waals surface area contributed by atoms with E-state index >= 15 is 0 Å². The zero-order valence-electron chi connectivity index (χ0n) is 11.9. The first-order chi connectivity index (χ1) is 9.90. The lowest BCUT2D eigenvalue weighted by molar-refractivity contribution is 0.0696. The van der Waals surface area contributed by atoms with Gasteiger partial charge in [-0.3, -0.25) is 0 Å². The van der Waals surface area contributed by atoms with Gasteiger partial charge < -0.3 is 10.2 Å². The third-order valence-electron chi connectivity index (χ3n) is 3.19. The van der Waals surface area contributed by atoms with Crippen molar-refractivity contribution in [3.8, 4) is 0 Å². The van der Waals surface area contributed by atoms with Crippen LogP contribution < -0.4 is 4.72 Å². The maximum atomic E-state index is 12.2. The fourth-order valence-electron chi connectivity index (χ4n) is 2.05. The molecular weight excluding hydrogens is 294 g/mol. The molecule has 7 heteroatoms. The number of rotatable bonds is 9. The maximum absolute atomic E-state index is 12.2. The molecular formula is C14H21NO5S. The third-order valence-corrected chi connectivity index (χ3v) is 4.61. The van der Waals surface area contributed by atoms with Crippen LogP contribution in [0.4, 0.5) is 0 Å². The van der Waals surface area contributed by atoms with Gasteiger partial charge in [-0.05, 0) is 37.0 Å². The largest absolute Gasteiger partial charge is 0.478 e. The molecule has 0 aromatic heterocycles.